The molecule has 2 atom stereocenters. The molecule has 0 saturated heterocycles. The Labute approximate surface area is 181 Å². The van der Waals surface area contributed by atoms with Crippen LogP contribution in [0.2, 0.25) is 0 Å². The first kappa shape index (κ1) is 19.3. The van der Waals surface area contributed by atoms with Crippen LogP contribution in [-0.4, -0.2) is 18.0 Å². The molecule has 0 aliphatic heterocycles. The molecule has 0 radical (unpaired) electrons. The van der Waals surface area contributed by atoms with Gasteiger partial charge in [0.1, 0.15) is 5.75 Å². The maximum absolute atomic E-state index is 12.7. The van der Waals surface area contributed by atoms with Gasteiger partial charge in [0.2, 0.25) is 5.91 Å². The number of amides is 1. The van der Waals surface area contributed by atoms with E-state index < -0.39 is 0 Å². The second-order valence-electron chi connectivity index (χ2n) is 8.00. The lowest BCUT2D eigenvalue weighted by atomic mass is 9.96. The molecule has 4 heteroatoms. The van der Waals surface area contributed by atoms with Gasteiger partial charge in [-0.3, -0.25) is 9.78 Å². The first-order valence-electron chi connectivity index (χ1n) is 10.6. The zero-order valence-electron chi connectivity index (χ0n) is 17.4. The second kappa shape index (κ2) is 8.23. The number of nitrogens with zero attached hydrogens (tertiary/aromatic N) is 1. The minimum Gasteiger partial charge on any atom is -0.497 e. The highest BCUT2D eigenvalue weighted by Crippen LogP contribution is 2.47. The van der Waals surface area contributed by atoms with Crippen molar-refractivity contribution in [3.8, 4) is 16.9 Å². The molecular weight excluding hydrogens is 384 g/mol. The summed E-state index contributed by atoms with van der Waals surface area (Å²) in [6, 6.07) is 24.6. The number of aromatic nitrogens is 1. The fourth-order valence-electron chi connectivity index (χ4n) is 4.31. The number of benzene rings is 3. The van der Waals surface area contributed by atoms with Crippen LogP contribution in [0.25, 0.3) is 21.9 Å². The minimum absolute atomic E-state index is 0.0721. The topological polar surface area (TPSA) is 51.2 Å². The first-order chi connectivity index (χ1) is 15.2. The van der Waals surface area contributed by atoms with Gasteiger partial charge in [0.05, 0.1) is 7.11 Å². The van der Waals surface area contributed by atoms with Crippen LogP contribution < -0.4 is 10.1 Å². The van der Waals surface area contributed by atoms with E-state index in [0.29, 0.717) is 12.5 Å². The Balaban J connectivity index is 1.36. The molecule has 1 saturated carbocycles. The summed E-state index contributed by atoms with van der Waals surface area (Å²) in [6.45, 7) is 0.497. The van der Waals surface area contributed by atoms with Crippen molar-refractivity contribution < 1.29 is 9.53 Å². The smallest absolute Gasteiger partial charge is 0.224 e. The average molecular weight is 409 g/mol. The van der Waals surface area contributed by atoms with Crippen molar-refractivity contribution in [2.75, 3.05) is 7.11 Å². The zero-order chi connectivity index (χ0) is 21.2. The lowest BCUT2D eigenvalue weighted by molar-refractivity contribution is -0.122. The molecule has 31 heavy (non-hydrogen) atoms. The number of carbonyl (C=O) groups excluding carboxylic acids is 1. The van der Waals surface area contributed by atoms with Crippen molar-refractivity contribution in [3.63, 3.8) is 0 Å². The van der Waals surface area contributed by atoms with Gasteiger partial charge in [-0.25, -0.2) is 0 Å². The molecule has 0 spiro atoms. The molecule has 1 aliphatic carbocycles. The Morgan fingerprint density at radius 2 is 1.90 bits per heavy atom. The molecular formula is C27H24N2O2. The van der Waals surface area contributed by atoms with Crippen molar-refractivity contribution in [2.45, 2.75) is 18.9 Å². The Kier molecular flexibility index (Phi) is 5.13. The van der Waals surface area contributed by atoms with Gasteiger partial charge in [-0.1, -0.05) is 54.6 Å². The summed E-state index contributed by atoms with van der Waals surface area (Å²) in [4.78, 5) is 17.0. The number of methoxy groups -OCH3 is 1. The number of pyridine rings is 1. The van der Waals surface area contributed by atoms with E-state index in [1.54, 1.807) is 7.11 Å². The van der Waals surface area contributed by atoms with Gasteiger partial charge in [0, 0.05) is 30.2 Å². The number of nitrogens with one attached hydrogen (secondary N) is 1. The summed E-state index contributed by atoms with van der Waals surface area (Å²) in [7, 11) is 1.68. The molecule has 1 heterocycles. The van der Waals surface area contributed by atoms with E-state index in [1.165, 1.54) is 5.56 Å². The summed E-state index contributed by atoms with van der Waals surface area (Å²) in [6.07, 6.45) is 4.61. The first-order valence-corrected chi connectivity index (χ1v) is 10.6. The fourth-order valence-corrected chi connectivity index (χ4v) is 4.31. The van der Waals surface area contributed by atoms with Crippen LogP contribution in [-0.2, 0) is 11.3 Å². The van der Waals surface area contributed by atoms with E-state index in [2.05, 4.69) is 40.6 Å². The molecule has 1 aromatic heterocycles. The third kappa shape index (κ3) is 3.89. The van der Waals surface area contributed by atoms with E-state index in [1.807, 2.05) is 54.9 Å². The second-order valence-corrected chi connectivity index (χ2v) is 8.00. The van der Waals surface area contributed by atoms with Crippen LogP contribution in [0.3, 0.4) is 0 Å². The van der Waals surface area contributed by atoms with Gasteiger partial charge in [-0.2, -0.15) is 0 Å². The minimum atomic E-state index is 0.0721. The van der Waals surface area contributed by atoms with Crippen molar-refractivity contribution in [3.05, 3.63) is 96.3 Å². The molecule has 1 fully saturated rings. The average Bonchev–Trinajstić information content (AvgIpc) is 3.64. The maximum atomic E-state index is 12.7. The number of hydrogen-bond donors (Lipinski definition) is 1. The van der Waals surface area contributed by atoms with Crippen molar-refractivity contribution in [1.82, 2.24) is 10.3 Å². The lowest BCUT2D eigenvalue weighted by Gasteiger charge is -2.13. The Morgan fingerprint density at radius 3 is 2.74 bits per heavy atom. The highest BCUT2D eigenvalue weighted by molar-refractivity contribution is 5.98. The largest absolute Gasteiger partial charge is 0.497 e. The SMILES string of the molecule is COc1cccc(-c2ccc(CNC(=O)[C@@H]3C[C@H]3c3ccccc3)c3cnccc23)c1. The van der Waals surface area contributed by atoms with Crippen LogP contribution in [0.1, 0.15) is 23.5 Å². The van der Waals surface area contributed by atoms with Crippen LogP contribution in [0.4, 0.5) is 0 Å². The van der Waals surface area contributed by atoms with Gasteiger partial charge in [-0.15, -0.1) is 0 Å². The quantitative estimate of drug-likeness (QED) is 0.469. The Morgan fingerprint density at radius 1 is 1.03 bits per heavy atom. The van der Waals surface area contributed by atoms with Gasteiger partial charge < -0.3 is 10.1 Å². The summed E-state index contributed by atoms with van der Waals surface area (Å²) >= 11 is 0. The van der Waals surface area contributed by atoms with E-state index in [0.717, 1.165) is 39.6 Å². The van der Waals surface area contributed by atoms with Gasteiger partial charge in [0.15, 0.2) is 0 Å². The molecule has 0 unspecified atom stereocenters. The zero-order valence-corrected chi connectivity index (χ0v) is 17.4. The van der Waals surface area contributed by atoms with E-state index in [4.69, 9.17) is 4.74 Å². The molecule has 0 bridgehead atoms. The molecule has 1 N–H and O–H groups in total. The molecule has 4 aromatic rings. The van der Waals surface area contributed by atoms with Crippen molar-refractivity contribution in [2.24, 2.45) is 5.92 Å². The molecule has 1 amide bonds. The molecule has 4 nitrogen and oxygen atoms in total. The number of fused-ring (bicyclic) bond motifs is 1. The summed E-state index contributed by atoms with van der Waals surface area (Å²) in [5.41, 5.74) is 4.53. The van der Waals surface area contributed by atoms with Crippen molar-refractivity contribution >= 4 is 16.7 Å². The predicted octanol–water partition coefficient (Wildman–Crippen LogP) is 5.33. The monoisotopic (exact) mass is 408 g/mol. The predicted molar refractivity (Wildman–Crippen MR) is 123 cm³/mol. The van der Waals surface area contributed by atoms with Crippen LogP contribution >= 0.6 is 0 Å². The number of ether oxygens (including phenoxy) is 1. The van der Waals surface area contributed by atoms with Crippen LogP contribution in [0, 0.1) is 5.92 Å². The normalized spacial score (nSPS) is 17.3. The standard InChI is InChI=1S/C27H24N2O2/c1-31-21-9-5-8-19(14-21)22-11-10-20(26-17-28-13-12-23(22)26)16-29-27(30)25-15-24(25)18-6-3-2-4-7-18/h2-14,17,24-25H,15-16H2,1H3,(H,29,30)/t24-,25+/m0/s1. The summed E-state index contributed by atoms with van der Waals surface area (Å²) in [5.74, 6) is 1.37. The van der Waals surface area contributed by atoms with E-state index in [9.17, 15) is 4.79 Å². The number of rotatable bonds is 6. The summed E-state index contributed by atoms with van der Waals surface area (Å²) < 4.78 is 5.39. The highest BCUT2D eigenvalue weighted by atomic mass is 16.5. The van der Waals surface area contributed by atoms with Gasteiger partial charge in [0.25, 0.3) is 0 Å². The van der Waals surface area contributed by atoms with Gasteiger partial charge in [-0.05, 0) is 58.2 Å². The van der Waals surface area contributed by atoms with Gasteiger partial charge >= 0.3 is 0 Å². The number of carbonyl (C=O) groups is 1. The number of hydrogen-bond acceptors (Lipinski definition) is 3. The van der Waals surface area contributed by atoms with E-state index in [-0.39, 0.29) is 11.8 Å². The lowest BCUT2D eigenvalue weighted by Crippen LogP contribution is -2.25. The fraction of sp³-hybridized carbons (Fsp3) is 0.185. The molecule has 1 aliphatic rings. The Bertz CT molecular complexity index is 1240. The van der Waals surface area contributed by atoms with Crippen LogP contribution in [0.5, 0.6) is 5.75 Å². The third-order valence-corrected chi connectivity index (χ3v) is 6.10. The van der Waals surface area contributed by atoms with Crippen molar-refractivity contribution in [1.29, 1.82) is 0 Å². The maximum Gasteiger partial charge on any atom is 0.224 e. The molecule has 5 rings (SSSR count). The summed E-state index contributed by atoms with van der Waals surface area (Å²) in [5, 5.41) is 5.31. The Hall–Kier alpha value is -3.66. The third-order valence-electron chi connectivity index (χ3n) is 6.10. The highest BCUT2D eigenvalue weighted by Gasteiger charge is 2.43. The van der Waals surface area contributed by atoms with Crippen LogP contribution in [0.15, 0.2) is 85.2 Å². The van der Waals surface area contributed by atoms with E-state index >= 15 is 0 Å². The molecule has 3 aromatic carbocycles. The molecule has 154 valence electrons.